The highest BCUT2D eigenvalue weighted by molar-refractivity contribution is 5.84. The first-order valence-electron chi connectivity index (χ1n) is 12.3. The Balaban J connectivity index is 1.54. The topological polar surface area (TPSA) is 71.5 Å². The lowest BCUT2D eigenvalue weighted by Crippen LogP contribution is -2.43. The SMILES string of the molecule is CN(CC(=O)CC1(C(F)(F)F)CC1)c1nc(-c2cc(OCC(C)(C)N(C)C)ccn2)nc2c1CCC2. The number of aryl methyl sites for hydroxylation is 1. The van der Waals surface area contributed by atoms with Gasteiger partial charge in [0, 0.05) is 42.5 Å². The predicted octanol–water partition coefficient (Wildman–Crippen LogP) is 4.48. The van der Waals surface area contributed by atoms with Crippen LogP contribution >= 0.6 is 0 Å². The maximum atomic E-state index is 13.3. The molecule has 0 unspecified atom stereocenters. The van der Waals surface area contributed by atoms with Gasteiger partial charge in [0.15, 0.2) is 11.6 Å². The Morgan fingerprint density at radius 3 is 2.50 bits per heavy atom. The summed E-state index contributed by atoms with van der Waals surface area (Å²) in [6.07, 6.45) is -0.672. The number of halogens is 3. The van der Waals surface area contributed by atoms with Crippen LogP contribution in [0, 0.1) is 5.41 Å². The number of aromatic nitrogens is 3. The third-order valence-corrected chi connectivity index (χ3v) is 7.44. The minimum atomic E-state index is -4.34. The second kappa shape index (κ2) is 9.61. The molecule has 0 atom stereocenters. The molecule has 7 nitrogen and oxygen atoms in total. The molecule has 1 saturated carbocycles. The monoisotopic (exact) mass is 505 g/mol. The lowest BCUT2D eigenvalue weighted by Gasteiger charge is -2.32. The summed E-state index contributed by atoms with van der Waals surface area (Å²) in [5.41, 5.74) is 0.382. The molecule has 0 amide bonds. The van der Waals surface area contributed by atoms with Crippen LogP contribution in [0.25, 0.3) is 11.5 Å². The van der Waals surface area contributed by atoms with Gasteiger partial charge >= 0.3 is 6.18 Å². The Morgan fingerprint density at radius 2 is 1.86 bits per heavy atom. The number of rotatable bonds is 10. The van der Waals surface area contributed by atoms with Gasteiger partial charge in [0.25, 0.3) is 0 Å². The third-order valence-electron chi connectivity index (χ3n) is 7.44. The molecule has 4 rings (SSSR count). The molecule has 2 aliphatic rings. The summed E-state index contributed by atoms with van der Waals surface area (Å²) < 4.78 is 46.0. The standard InChI is InChI=1S/C26H34F3N5O2/c1-24(2,33(3)4)16-36-18-9-12-30-21(13-18)22-31-20-8-6-7-19(20)23(32-22)34(5)15-17(35)14-25(10-11-25)26(27,28)29/h9,12-13H,6-8,10-11,14-16H2,1-5H3. The van der Waals surface area contributed by atoms with Crippen LogP contribution in [0.15, 0.2) is 18.3 Å². The molecule has 0 aliphatic heterocycles. The predicted molar refractivity (Wildman–Crippen MR) is 131 cm³/mol. The minimum absolute atomic E-state index is 0.0226. The van der Waals surface area contributed by atoms with Crippen LogP contribution < -0.4 is 9.64 Å². The highest BCUT2D eigenvalue weighted by Gasteiger charge is 2.63. The molecular weight excluding hydrogens is 471 g/mol. The lowest BCUT2D eigenvalue weighted by molar-refractivity contribution is -0.190. The van der Waals surface area contributed by atoms with Gasteiger partial charge in [0.1, 0.15) is 23.9 Å². The van der Waals surface area contributed by atoms with E-state index in [4.69, 9.17) is 14.7 Å². The Kier molecular flexibility index (Phi) is 7.02. The van der Waals surface area contributed by atoms with Gasteiger partial charge in [-0.25, -0.2) is 9.97 Å². The van der Waals surface area contributed by atoms with Crippen LogP contribution in [0.2, 0.25) is 0 Å². The van der Waals surface area contributed by atoms with Gasteiger partial charge in [0.05, 0.1) is 12.0 Å². The summed E-state index contributed by atoms with van der Waals surface area (Å²) in [5.74, 6) is 1.21. The summed E-state index contributed by atoms with van der Waals surface area (Å²) in [5, 5.41) is 0. The zero-order valence-corrected chi connectivity index (χ0v) is 21.6. The van der Waals surface area contributed by atoms with Crippen LogP contribution in [-0.4, -0.2) is 71.6 Å². The fourth-order valence-corrected chi connectivity index (χ4v) is 4.34. The number of Topliss-reactive ketones (excluding diaryl/α,β-unsaturated/α-hetero) is 1. The summed E-state index contributed by atoms with van der Waals surface area (Å²) in [4.78, 5) is 30.2. The number of hydrogen-bond donors (Lipinski definition) is 0. The van der Waals surface area contributed by atoms with Crippen LogP contribution in [0.4, 0.5) is 19.0 Å². The van der Waals surface area contributed by atoms with E-state index in [0.717, 1.165) is 30.5 Å². The molecule has 2 aliphatic carbocycles. The first kappa shape index (κ1) is 26.3. The van der Waals surface area contributed by atoms with E-state index in [-0.39, 0.29) is 24.9 Å². The summed E-state index contributed by atoms with van der Waals surface area (Å²) in [6.45, 7) is 4.52. The fraction of sp³-hybridized carbons (Fsp3) is 0.615. The number of ketones is 1. The maximum Gasteiger partial charge on any atom is 0.394 e. The van der Waals surface area contributed by atoms with E-state index in [2.05, 4.69) is 23.7 Å². The maximum absolute atomic E-state index is 13.3. The second-order valence-electron chi connectivity index (χ2n) is 10.9. The molecule has 0 N–H and O–H groups in total. The van der Waals surface area contributed by atoms with E-state index in [0.29, 0.717) is 29.7 Å². The van der Waals surface area contributed by atoms with Crippen LogP contribution in [0.1, 0.15) is 50.8 Å². The molecule has 0 bridgehead atoms. The number of ether oxygens (including phenoxy) is 1. The van der Waals surface area contributed by atoms with Crippen molar-refractivity contribution in [2.45, 2.75) is 64.1 Å². The van der Waals surface area contributed by atoms with Crippen LogP contribution in [0.5, 0.6) is 5.75 Å². The van der Waals surface area contributed by atoms with Gasteiger partial charge in [-0.2, -0.15) is 13.2 Å². The molecule has 2 heterocycles. The van der Waals surface area contributed by atoms with Gasteiger partial charge < -0.3 is 14.5 Å². The molecule has 2 aromatic heterocycles. The molecule has 10 heteroatoms. The first-order valence-corrected chi connectivity index (χ1v) is 12.3. The normalized spacial score (nSPS) is 16.7. The van der Waals surface area contributed by atoms with Crippen molar-refractivity contribution in [3.05, 3.63) is 29.6 Å². The first-order chi connectivity index (χ1) is 16.8. The molecule has 2 aromatic rings. The summed E-state index contributed by atoms with van der Waals surface area (Å²) in [6, 6.07) is 3.57. The van der Waals surface area contributed by atoms with E-state index in [1.807, 2.05) is 14.1 Å². The Hall–Kier alpha value is -2.75. The number of pyridine rings is 1. The number of anilines is 1. The number of fused-ring (bicyclic) bond motifs is 1. The van der Waals surface area contributed by atoms with Crippen molar-refractivity contribution in [1.82, 2.24) is 19.9 Å². The van der Waals surface area contributed by atoms with E-state index in [9.17, 15) is 18.0 Å². The zero-order valence-electron chi connectivity index (χ0n) is 21.6. The van der Waals surface area contributed by atoms with E-state index in [1.54, 1.807) is 30.3 Å². The molecular formula is C26H34F3N5O2. The van der Waals surface area contributed by atoms with Crippen molar-refractivity contribution in [3.8, 4) is 17.3 Å². The lowest BCUT2D eigenvalue weighted by atomic mass is 9.98. The Labute approximate surface area is 210 Å². The van der Waals surface area contributed by atoms with Gasteiger partial charge in [0.2, 0.25) is 0 Å². The third kappa shape index (κ3) is 5.48. The number of nitrogens with zero attached hydrogens (tertiary/aromatic N) is 5. The van der Waals surface area contributed by atoms with Crippen molar-refractivity contribution in [3.63, 3.8) is 0 Å². The largest absolute Gasteiger partial charge is 0.492 e. The molecule has 0 radical (unpaired) electrons. The highest BCUT2D eigenvalue weighted by atomic mass is 19.4. The van der Waals surface area contributed by atoms with E-state index in [1.165, 1.54) is 0 Å². The Bertz CT molecular complexity index is 1130. The number of carbonyl (C=O) groups is 1. The summed E-state index contributed by atoms with van der Waals surface area (Å²) >= 11 is 0. The molecule has 0 saturated heterocycles. The summed E-state index contributed by atoms with van der Waals surface area (Å²) in [7, 11) is 5.69. The average molecular weight is 506 g/mol. The minimum Gasteiger partial charge on any atom is -0.492 e. The van der Waals surface area contributed by atoms with Crippen LogP contribution in [0.3, 0.4) is 0 Å². The van der Waals surface area contributed by atoms with Crippen LogP contribution in [-0.2, 0) is 17.6 Å². The van der Waals surface area contributed by atoms with Gasteiger partial charge in [-0.3, -0.25) is 9.78 Å². The molecule has 36 heavy (non-hydrogen) atoms. The van der Waals surface area contributed by atoms with Crippen molar-refractivity contribution in [2.75, 3.05) is 39.2 Å². The highest BCUT2D eigenvalue weighted by Crippen LogP contribution is 2.60. The zero-order chi connectivity index (χ0) is 26.3. The van der Waals surface area contributed by atoms with E-state index < -0.39 is 23.8 Å². The molecule has 1 fully saturated rings. The molecule has 0 aromatic carbocycles. The van der Waals surface area contributed by atoms with Crippen molar-refractivity contribution in [1.29, 1.82) is 0 Å². The number of alkyl halides is 3. The van der Waals surface area contributed by atoms with Crippen molar-refractivity contribution in [2.24, 2.45) is 5.41 Å². The van der Waals surface area contributed by atoms with E-state index >= 15 is 0 Å². The quantitative estimate of drug-likeness (QED) is 0.471. The van der Waals surface area contributed by atoms with Crippen molar-refractivity contribution >= 4 is 11.6 Å². The molecule has 0 spiro atoms. The number of likely N-dealkylation sites (N-methyl/N-ethyl adjacent to an activating group) is 2. The second-order valence-corrected chi connectivity index (χ2v) is 10.9. The number of carbonyl (C=O) groups excluding carboxylic acids is 1. The van der Waals surface area contributed by atoms with Gasteiger partial charge in [-0.05, 0) is 66.1 Å². The van der Waals surface area contributed by atoms with Gasteiger partial charge in [-0.1, -0.05) is 0 Å². The average Bonchev–Trinajstić information content (AvgIpc) is 3.44. The fourth-order valence-electron chi connectivity index (χ4n) is 4.34. The van der Waals surface area contributed by atoms with Crippen molar-refractivity contribution < 1.29 is 22.7 Å². The van der Waals surface area contributed by atoms with Gasteiger partial charge in [-0.15, -0.1) is 0 Å². The smallest absolute Gasteiger partial charge is 0.394 e. The number of hydrogen-bond acceptors (Lipinski definition) is 7. The Morgan fingerprint density at radius 1 is 1.14 bits per heavy atom. The molecule has 196 valence electrons.